The molecule has 0 bridgehead atoms. The van der Waals surface area contributed by atoms with Gasteiger partial charge in [-0.25, -0.2) is 0 Å². The molecule has 1 aliphatic heterocycles. The van der Waals surface area contributed by atoms with Gasteiger partial charge < -0.3 is 24.4 Å². The van der Waals surface area contributed by atoms with E-state index in [-0.39, 0.29) is 5.57 Å². The van der Waals surface area contributed by atoms with E-state index < -0.39 is 23.5 Å². The standard InChI is InChI=1S/C31H38N2O5/c1-5-21-38-26-18-16-24(22-27(26)37-8-4)29-28(25(34)17-15-23-13-10-9-11-14-23)30(35)31(36)33(29)20-12-19-32(6-2)7-3/h5,9-11,13-18,22,29,35H,1,6-8,12,19-21H2,2-4H3. The third kappa shape index (κ3) is 6.92. The van der Waals surface area contributed by atoms with Crippen LogP contribution in [0.15, 0.2) is 78.6 Å². The van der Waals surface area contributed by atoms with Crippen molar-refractivity contribution in [1.29, 1.82) is 0 Å². The van der Waals surface area contributed by atoms with Crippen molar-refractivity contribution in [2.75, 3.05) is 39.4 Å². The fourth-order valence-electron chi connectivity index (χ4n) is 4.54. The maximum Gasteiger partial charge on any atom is 0.290 e. The average Bonchev–Trinajstić information content (AvgIpc) is 3.19. The van der Waals surface area contributed by atoms with Crippen LogP contribution in [0.4, 0.5) is 0 Å². The van der Waals surface area contributed by atoms with Crippen LogP contribution >= 0.6 is 0 Å². The highest BCUT2D eigenvalue weighted by atomic mass is 16.5. The van der Waals surface area contributed by atoms with Gasteiger partial charge in [0.25, 0.3) is 5.91 Å². The molecule has 0 fully saturated rings. The number of ketones is 1. The van der Waals surface area contributed by atoms with Gasteiger partial charge in [-0.05, 0) is 62.3 Å². The number of hydrogen-bond acceptors (Lipinski definition) is 6. The molecule has 0 saturated carbocycles. The number of allylic oxidation sites excluding steroid dienone is 1. The third-order valence-corrected chi connectivity index (χ3v) is 6.50. The molecule has 0 aromatic heterocycles. The van der Waals surface area contributed by atoms with Crippen molar-refractivity contribution >= 4 is 17.8 Å². The van der Waals surface area contributed by atoms with Gasteiger partial charge in [0.15, 0.2) is 23.0 Å². The van der Waals surface area contributed by atoms with Crippen molar-refractivity contribution in [2.45, 2.75) is 33.2 Å². The van der Waals surface area contributed by atoms with E-state index in [2.05, 4.69) is 25.3 Å². The molecule has 0 aliphatic carbocycles. The molecule has 0 saturated heterocycles. The molecule has 7 heteroatoms. The van der Waals surface area contributed by atoms with Crippen LogP contribution in [0.5, 0.6) is 11.5 Å². The zero-order valence-electron chi connectivity index (χ0n) is 22.6. The number of aliphatic hydroxyl groups is 1. The lowest BCUT2D eigenvalue weighted by molar-refractivity contribution is -0.129. The summed E-state index contributed by atoms with van der Waals surface area (Å²) in [6, 6.07) is 14.0. The molecule has 1 unspecified atom stereocenters. The fraction of sp³-hybridized carbons (Fsp3) is 0.355. The number of rotatable bonds is 15. The maximum absolute atomic E-state index is 13.4. The van der Waals surface area contributed by atoms with Gasteiger partial charge in [-0.2, -0.15) is 0 Å². The zero-order chi connectivity index (χ0) is 27.5. The van der Waals surface area contributed by atoms with Gasteiger partial charge in [0.2, 0.25) is 0 Å². The first-order valence-corrected chi connectivity index (χ1v) is 13.2. The lowest BCUT2D eigenvalue weighted by Crippen LogP contribution is -2.34. The summed E-state index contributed by atoms with van der Waals surface area (Å²) in [5.74, 6) is -0.430. The van der Waals surface area contributed by atoms with Gasteiger partial charge in [-0.15, -0.1) is 0 Å². The second-order valence-corrected chi connectivity index (χ2v) is 8.89. The number of carbonyl (C=O) groups excluding carboxylic acids is 2. The lowest BCUT2D eigenvalue weighted by atomic mass is 9.95. The van der Waals surface area contributed by atoms with Crippen molar-refractivity contribution in [1.82, 2.24) is 9.80 Å². The highest BCUT2D eigenvalue weighted by Crippen LogP contribution is 2.41. The highest BCUT2D eigenvalue weighted by molar-refractivity contribution is 6.14. The van der Waals surface area contributed by atoms with Gasteiger partial charge in [0.1, 0.15) is 6.61 Å². The van der Waals surface area contributed by atoms with Gasteiger partial charge in [0.05, 0.1) is 18.2 Å². The molecule has 1 amide bonds. The quantitative estimate of drug-likeness (QED) is 0.253. The monoisotopic (exact) mass is 518 g/mol. The van der Waals surface area contributed by atoms with Crippen LogP contribution in [0.3, 0.4) is 0 Å². The number of amides is 1. The Labute approximate surface area is 225 Å². The maximum atomic E-state index is 13.4. The van der Waals surface area contributed by atoms with Crippen LogP contribution in [0.2, 0.25) is 0 Å². The molecule has 2 aromatic carbocycles. The van der Waals surface area contributed by atoms with Crippen LogP contribution in [0.25, 0.3) is 6.08 Å². The van der Waals surface area contributed by atoms with Crippen molar-refractivity contribution in [3.05, 3.63) is 89.7 Å². The molecule has 0 spiro atoms. The Bertz CT molecular complexity index is 1170. The van der Waals surface area contributed by atoms with Crippen LogP contribution in [-0.4, -0.2) is 66.0 Å². The summed E-state index contributed by atoms with van der Waals surface area (Å²) in [5.41, 5.74) is 1.57. The average molecular weight is 519 g/mol. The molecule has 7 nitrogen and oxygen atoms in total. The van der Waals surface area contributed by atoms with E-state index in [1.165, 1.54) is 6.08 Å². The molecule has 1 aliphatic rings. The Morgan fingerprint density at radius 1 is 1.08 bits per heavy atom. The molecule has 1 atom stereocenters. The number of aliphatic hydroxyl groups excluding tert-OH is 1. The first-order valence-electron chi connectivity index (χ1n) is 13.2. The number of nitrogens with zero attached hydrogens (tertiary/aromatic N) is 2. The first kappa shape index (κ1) is 28.7. The smallest absolute Gasteiger partial charge is 0.290 e. The molecule has 38 heavy (non-hydrogen) atoms. The topological polar surface area (TPSA) is 79.3 Å². The largest absolute Gasteiger partial charge is 0.503 e. The second kappa shape index (κ2) is 14.2. The third-order valence-electron chi connectivity index (χ3n) is 6.50. The lowest BCUT2D eigenvalue weighted by Gasteiger charge is -2.28. The Morgan fingerprint density at radius 2 is 1.82 bits per heavy atom. The van der Waals surface area contributed by atoms with E-state index in [1.807, 2.05) is 43.3 Å². The Balaban J connectivity index is 1.99. The van der Waals surface area contributed by atoms with Crippen molar-refractivity contribution in [2.24, 2.45) is 0 Å². The van der Waals surface area contributed by atoms with Crippen molar-refractivity contribution in [3.63, 3.8) is 0 Å². The van der Waals surface area contributed by atoms with Gasteiger partial charge in [0, 0.05) is 6.54 Å². The molecule has 3 rings (SSSR count). The predicted octanol–water partition coefficient (Wildman–Crippen LogP) is 5.36. The Hall–Kier alpha value is -3.84. The van der Waals surface area contributed by atoms with Gasteiger partial charge >= 0.3 is 0 Å². The predicted molar refractivity (Wildman–Crippen MR) is 150 cm³/mol. The van der Waals surface area contributed by atoms with Crippen LogP contribution < -0.4 is 9.47 Å². The summed E-state index contributed by atoms with van der Waals surface area (Å²) in [7, 11) is 0. The summed E-state index contributed by atoms with van der Waals surface area (Å²) in [4.78, 5) is 30.6. The molecule has 2 aromatic rings. The molecular weight excluding hydrogens is 480 g/mol. The van der Waals surface area contributed by atoms with Gasteiger partial charge in [-0.3, -0.25) is 9.59 Å². The molecule has 1 N–H and O–H groups in total. The zero-order valence-corrected chi connectivity index (χ0v) is 22.6. The molecule has 202 valence electrons. The van der Waals surface area contributed by atoms with Crippen molar-refractivity contribution in [3.8, 4) is 11.5 Å². The van der Waals surface area contributed by atoms with E-state index in [0.29, 0.717) is 43.2 Å². The normalized spacial score (nSPS) is 15.5. The summed E-state index contributed by atoms with van der Waals surface area (Å²) in [5, 5.41) is 10.9. The fourth-order valence-corrected chi connectivity index (χ4v) is 4.54. The summed E-state index contributed by atoms with van der Waals surface area (Å²) < 4.78 is 11.6. The first-order chi connectivity index (χ1) is 18.4. The number of carbonyl (C=O) groups is 2. The highest BCUT2D eigenvalue weighted by Gasteiger charge is 2.42. The van der Waals surface area contributed by atoms with Crippen LogP contribution in [0, 0.1) is 0 Å². The van der Waals surface area contributed by atoms with E-state index in [9.17, 15) is 14.7 Å². The Kier molecular flexibility index (Phi) is 10.7. The van der Waals surface area contributed by atoms with E-state index >= 15 is 0 Å². The SMILES string of the molecule is C=CCOc1ccc(C2C(C(=O)C=Cc3ccccc3)=C(O)C(=O)N2CCCN(CC)CC)cc1OCC. The van der Waals surface area contributed by atoms with E-state index in [1.54, 1.807) is 29.2 Å². The Morgan fingerprint density at radius 3 is 2.47 bits per heavy atom. The van der Waals surface area contributed by atoms with Crippen molar-refractivity contribution < 1.29 is 24.2 Å². The molecular formula is C31H38N2O5. The molecule has 0 radical (unpaired) electrons. The minimum Gasteiger partial charge on any atom is -0.503 e. The van der Waals surface area contributed by atoms with Gasteiger partial charge in [-0.1, -0.05) is 69.0 Å². The van der Waals surface area contributed by atoms with Crippen LogP contribution in [-0.2, 0) is 9.59 Å². The second-order valence-electron chi connectivity index (χ2n) is 8.89. The summed E-state index contributed by atoms with van der Waals surface area (Å²) in [6.07, 6.45) is 5.45. The van der Waals surface area contributed by atoms with E-state index in [0.717, 1.165) is 25.2 Å². The number of benzene rings is 2. The van der Waals surface area contributed by atoms with Crippen LogP contribution in [0.1, 0.15) is 44.4 Å². The number of hydrogen-bond donors (Lipinski definition) is 1. The number of ether oxygens (including phenoxy) is 2. The molecule has 1 heterocycles. The summed E-state index contributed by atoms with van der Waals surface area (Å²) >= 11 is 0. The van der Waals surface area contributed by atoms with E-state index in [4.69, 9.17) is 9.47 Å². The minimum absolute atomic E-state index is 0.0622. The summed E-state index contributed by atoms with van der Waals surface area (Å²) in [6.45, 7) is 13.5. The minimum atomic E-state index is -0.750.